The maximum Gasteiger partial charge on any atom is 0.251 e. The Morgan fingerprint density at radius 3 is 2.55 bits per heavy atom. The molecule has 4 N–H and O–H groups in total. The van der Waals surface area contributed by atoms with Gasteiger partial charge < -0.3 is 16.0 Å². The summed E-state index contributed by atoms with van der Waals surface area (Å²) in [5.41, 5.74) is 3.16. The van der Waals surface area contributed by atoms with Gasteiger partial charge in [0.1, 0.15) is 17.5 Å². The van der Waals surface area contributed by atoms with Gasteiger partial charge in [0.05, 0.1) is 5.52 Å². The van der Waals surface area contributed by atoms with Crippen molar-refractivity contribution in [3.63, 3.8) is 0 Å². The summed E-state index contributed by atoms with van der Waals surface area (Å²) in [7, 11) is 0. The maximum absolute atomic E-state index is 13.8. The van der Waals surface area contributed by atoms with Crippen LogP contribution in [0.1, 0.15) is 40.4 Å². The van der Waals surface area contributed by atoms with Gasteiger partial charge in [-0.15, -0.1) is 0 Å². The number of halogens is 2. The highest BCUT2D eigenvalue weighted by molar-refractivity contribution is 5.94. The largest absolute Gasteiger partial charge is 0.348 e. The van der Waals surface area contributed by atoms with E-state index in [-0.39, 0.29) is 18.0 Å². The van der Waals surface area contributed by atoms with Gasteiger partial charge in [-0.1, -0.05) is 18.2 Å². The van der Waals surface area contributed by atoms with Crippen molar-refractivity contribution < 1.29 is 13.6 Å². The van der Waals surface area contributed by atoms with Crippen LogP contribution in [-0.4, -0.2) is 26.1 Å². The number of hydrogen-bond donors (Lipinski definition) is 4. The molecule has 2 heterocycles. The lowest BCUT2D eigenvalue weighted by Crippen LogP contribution is -2.23. The standard InChI is InChI=1S/C28H23F2N7O/c29-19-10-7-18(22(30)13-19)15-31-27(38)17-8-11-20(12-9-17)32-28-33-23-4-2-1-3-21(23)26(35-28)34-25-14-24(36-37-25)16-5-6-16/h1-4,7-14,16H,5-6,15H2,(H,31,38)(H3,32,33,34,35,36,37). The summed E-state index contributed by atoms with van der Waals surface area (Å²) < 4.78 is 26.9. The number of rotatable bonds is 8. The summed E-state index contributed by atoms with van der Waals surface area (Å²) in [6.45, 7) is -0.0518. The highest BCUT2D eigenvalue weighted by atomic mass is 19.1. The first-order chi connectivity index (χ1) is 18.5. The molecule has 38 heavy (non-hydrogen) atoms. The Hall–Kier alpha value is -4.86. The van der Waals surface area contributed by atoms with E-state index in [9.17, 15) is 13.6 Å². The normalized spacial score (nSPS) is 12.9. The minimum atomic E-state index is -0.704. The van der Waals surface area contributed by atoms with Crippen LogP contribution in [-0.2, 0) is 6.54 Å². The Balaban J connectivity index is 1.16. The van der Waals surface area contributed by atoms with Gasteiger partial charge in [0.25, 0.3) is 5.91 Å². The summed E-state index contributed by atoms with van der Waals surface area (Å²) in [6.07, 6.45) is 2.36. The molecule has 10 heteroatoms. The Morgan fingerprint density at radius 1 is 0.947 bits per heavy atom. The number of amides is 1. The first-order valence-corrected chi connectivity index (χ1v) is 12.2. The van der Waals surface area contributed by atoms with Crippen LogP contribution in [0, 0.1) is 11.6 Å². The summed E-state index contributed by atoms with van der Waals surface area (Å²) in [5.74, 6) is 0.513. The number of carbonyl (C=O) groups excluding carboxylic acids is 1. The van der Waals surface area contributed by atoms with E-state index < -0.39 is 11.6 Å². The van der Waals surface area contributed by atoms with Crippen molar-refractivity contribution in [3.05, 3.63) is 101 Å². The number of carbonyl (C=O) groups is 1. The molecule has 0 bridgehead atoms. The molecule has 1 aliphatic rings. The molecule has 5 aromatic rings. The molecule has 1 aliphatic carbocycles. The molecular formula is C28H23F2N7O. The Labute approximate surface area is 216 Å². The van der Waals surface area contributed by atoms with E-state index in [1.165, 1.54) is 18.9 Å². The van der Waals surface area contributed by atoms with Crippen molar-refractivity contribution in [1.82, 2.24) is 25.5 Å². The third kappa shape index (κ3) is 5.15. The SMILES string of the molecule is O=C(NCc1ccc(F)cc1F)c1ccc(Nc2nc(Nc3cc(C4CC4)[nH]n3)c3ccccc3n2)cc1. The Kier molecular flexibility index (Phi) is 6.12. The van der Waals surface area contributed by atoms with Crippen LogP contribution in [0.4, 0.5) is 32.1 Å². The number of H-pyrrole nitrogens is 1. The molecule has 1 amide bonds. The first kappa shape index (κ1) is 23.5. The number of aromatic amines is 1. The highest BCUT2D eigenvalue weighted by Gasteiger charge is 2.25. The highest BCUT2D eigenvalue weighted by Crippen LogP contribution is 2.39. The van der Waals surface area contributed by atoms with Crippen LogP contribution in [0.25, 0.3) is 10.9 Å². The molecule has 1 saturated carbocycles. The van der Waals surface area contributed by atoms with E-state index >= 15 is 0 Å². The van der Waals surface area contributed by atoms with Crippen molar-refractivity contribution in [2.45, 2.75) is 25.3 Å². The summed E-state index contributed by atoms with van der Waals surface area (Å²) >= 11 is 0. The van der Waals surface area contributed by atoms with E-state index in [0.29, 0.717) is 34.8 Å². The fourth-order valence-electron chi connectivity index (χ4n) is 4.13. The number of nitrogens with zero attached hydrogens (tertiary/aromatic N) is 3. The van der Waals surface area contributed by atoms with Crippen LogP contribution >= 0.6 is 0 Å². The quantitative estimate of drug-likeness (QED) is 0.206. The van der Waals surface area contributed by atoms with E-state index in [2.05, 4.69) is 36.1 Å². The van der Waals surface area contributed by atoms with Crippen molar-refractivity contribution in [2.24, 2.45) is 0 Å². The second kappa shape index (κ2) is 9.89. The zero-order valence-electron chi connectivity index (χ0n) is 20.1. The number of aromatic nitrogens is 4. The molecule has 1 fully saturated rings. The lowest BCUT2D eigenvalue weighted by Gasteiger charge is -2.11. The second-order valence-corrected chi connectivity index (χ2v) is 9.14. The van der Waals surface area contributed by atoms with Gasteiger partial charge in [0.2, 0.25) is 5.95 Å². The van der Waals surface area contributed by atoms with Gasteiger partial charge in [-0.05, 0) is 55.3 Å². The summed E-state index contributed by atoms with van der Waals surface area (Å²) in [4.78, 5) is 21.8. The third-order valence-corrected chi connectivity index (χ3v) is 6.32. The fourth-order valence-corrected chi connectivity index (χ4v) is 4.13. The number of fused-ring (bicyclic) bond motifs is 1. The van der Waals surface area contributed by atoms with Crippen molar-refractivity contribution in [1.29, 1.82) is 0 Å². The molecular weight excluding hydrogens is 488 g/mol. The number of para-hydroxylation sites is 1. The average Bonchev–Trinajstić information content (AvgIpc) is 3.67. The maximum atomic E-state index is 13.8. The molecule has 0 saturated heterocycles. The fraction of sp³-hybridized carbons (Fsp3) is 0.143. The topological polar surface area (TPSA) is 108 Å². The third-order valence-electron chi connectivity index (χ3n) is 6.32. The molecule has 0 unspecified atom stereocenters. The predicted octanol–water partition coefficient (Wildman–Crippen LogP) is 5.93. The molecule has 2 aromatic heterocycles. The summed E-state index contributed by atoms with van der Waals surface area (Å²) in [5, 5.41) is 17.5. The average molecular weight is 512 g/mol. The van der Waals surface area contributed by atoms with Crippen LogP contribution < -0.4 is 16.0 Å². The molecule has 0 spiro atoms. The molecule has 0 atom stereocenters. The Morgan fingerprint density at radius 2 is 1.76 bits per heavy atom. The van der Waals surface area contributed by atoms with Crippen molar-refractivity contribution in [2.75, 3.05) is 10.6 Å². The van der Waals surface area contributed by atoms with Crippen LogP contribution in [0.15, 0.2) is 72.8 Å². The molecule has 3 aromatic carbocycles. The lowest BCUT2D eigenvalue weighted by molar-refractivity contribution is 0.0950. The van der Waals surface area contributed by atoms with Gasteiger partial charge in [-0.3, -0.25) is 9.89 Å². The van der Waals surface area contributed by atoms with Gasteiger partial charge in [0, 0.05) is 52.5 Å². The molecule has 0 aliphatic heterocycles. The van der Waals surface area contributed by atoms with Gasteiger partial charge >= 0.3 is 0 Å². The van der Waals surface area contributed by atoms with Gasteiger partial charge in [-0.2, -0.15) is 10.1 Å². The first-order valence-electron chi connectivity index (χ1n) is 12.2. The van der Waals surface area contributed by atoms with E-state index in [1.54, 1.807) is 24.3 Å². The zero-order chi connectivity index (χ0) is 26.1. The minimum Gasteiger partial charge on any atom is -0.348 e. The van der Waals surface area contributed by atoms with Gasteiger partial charge in [0.15, 0.2) is 5.82 Å². The Bertz CT molecular complexity index is 1630. The molecule has 190 valence electrons. The number of benzene rings is 3. The zero-order valence-corrected chi connectivity index (χ0v) is 20.1. The summed E-state index contributed by atoms with van der Waals surface area (Å²) in [6, 6.07) is 19.7. The second-order valence-electron chi connectivity index (χ2n) is 9.14. The minimum absolute atomic E-state index is 0.0518. The number of anilines is 4. The molecule has 6 rings (SSSR count). The van der Waals surface area contributed by atoms with Crippen molar-refractivity contribution in [3.8, 4) is 0 Å². The van der Waals surface area contributed by atoms with Gasteiger partial charge in [-0.25, -0.2) is 13.8 Å². The van der Waals surface area contributed by atoms with E-state index in [1.807, 2.05) is 30.3 Å². The molecule has 8 nitrogen and oxygen atoms in total. The number of nitrogens with one attached hydrogen (secondary N) is 4. The molecule has 0 radical (unpaired) electrons. The van der Waals surface area contributed by atoms with Crippen molar-refractivity contribution >= 4 is 40.1 Å². The van der Waals surface area contributed by atoms with Crippen LogP contribution in [0.2, 0.25) is 0 Å². The van der Waals surface area contributed by atoms with Crippen LogP contribution in [0.3, 0.4) is 0 Å². The predicted molar refractivity (Wildman–Crippen MR) is 141 cm³/mol. The van der Waals surface area contributed by atoms with Crippen LogP contribution in [0.5, 0.6) is 0 Å². The van der Waals surface area contributed by atoms with E-state index in [4.69, 9.17) is 0 Å². The smallest absolute Gasteiger partial charge is 0.251 e. The monoisotopic (exact) mass is 511 g/mol. The van der Waals surface area contributed by atoms with E-state index in [0.717, 1.165) is 28.7 Å². The lowest BCUT2D eigenvalue weighted by atomic mass is 10.1. The number of hydrogen-bond acceptors (Lipinski definition) is 6.